The first-order valence-corrected chi connectivity index (χ1v) is 8.18. The number of benzene rings is 1. The Morgan fingerprint density at radius 2 is 1.78 bits per heavy atom. The zero-order valence-corrected chi connectivity index (χ0v) is 13.7. The van der Waals surface area contributed by atoms with E-state index < -0.39 is 0 Å². The molecular weight excluding hydrogens is 291 g/mol. The Balaban J connectivity index is 1.97. The highest BCUT2D eigenvalue weighted by atomic mass is 19.1. The molecule has 1 aliphatic heterocycles. The average molecular weight is 314 g/mol. The fraction of sp³-hybridized carbons (Fsp3) is 0.444. The lowest BCUT2D eigenvalue weighted by molar-refractivity contribution is 0.498. The number of hydrogen-bond donors (Lipinski definition) is 1. The zero-order chi connectivity index (χ0) is 16.4. The van der Waals surface area contributed by atoms with Gasteiger partial charge in [-0.05, 0) is 43.0 Å². The number of nitrogens with zero attached hydrogens (tertiary/aromatic N) is 3. The number of piperidine rings is 1. The maximum atomic E-state index is 13.2. The van der Waals surface area contributed by atoms with E-state index in [4.69, 9.17) is 10.7 Å². The molecule has 2 heterocycles. The van der Waals surface area contributed by atoms with E-state index in [0.717, 1.165) is 43.0 Å². The Labute approximate surface area is 136 Å². The number of rotatable bonds is 3. The van der Waals surface area contributed by atoms with Gasteiger partial charge in [-0.2, -0.15) is 0 Å². The van der Waals surface area contributed by atoms with Crippen LogP contribution in [0.3, 0.4) is 0 Å². The van der Waals surface area contributed by atoms with Gasteiger partial charge in [0.25, 0.3) is 0 Å². The van der Waals surface area contributed by atoms with Crippen molar-refractivity contribution >= 4 is 5.82 Å². The molecule has 0 bridgehead atoms. The molecule has 2 aromatic rings. The molecule has 5 heteroatoms. The van der Waals surface area contributed by atoms with E-state index in [2.05, 4.69) is 29.8 Å². The summed E-state index contributed by atoms with van der Waals surface area (Å²) in [5.41, 5.74) is 7.83. The summed E-state index contributed by atoms with van der Waals surface area (Å²) < 4.78 is 13.2. The Hall–Kier alpha value is -2.01. The molecule has 2 N–H and O–H groups in total. The third kappa shape index (κ3) is 3.67. The van der Waals surface area contributed by atoms with Crippen molar-refractivity contribution in [2.75, 3.05) is 18.0 Å². The molecule has 23 heavy (non-hydrogen) atoms. The van der Waals surface area contributed by atoms with Gasteiger partial charge in [-0.3, -0.25) is 0 Å². The van der Waals surface area contributed by atoms with E-state index in [9.17, 15) is 4.39 Å². The Bertz CT molecular complexity index is 661. The summed E-state index contributed by atoms with van der Waals surface area (Å²) in [6.45, 7) is 6.07. The third-order valence-corrected chi connectivity index (χ3v) is 4.29. The minimum atomic E-state index is -0.251. The van der Waals surface area contributed by atoms with Crippen molar-refractivity contribution in [1.82, 2.24) is 9.97 Å². The second-order valence-electron chi connectivity index (χ2n) is 6.46. The van der Waals surface area contributed by atoms with Gasteiger partial charge in [-0.15, -0.1) is 0 Å². The summed E-state index contributed by atoms with van der Waals surface area (Å²) in [6.07, 6.45) is 1.96. The predicted molar refractivity (Wildman–Crippen MR) is 90.9 cm³/mol. The van der Waals surface area contributed by atoms with Gasteiger partial charge in [0.1, 0.15) is 11.6 Å². The van der Waals surface area contributed by atoms with Crippen LogP contribution in [-0.2, 0) is 0 Å². The Morgan fingerprint density at radius 3 is 2.39 bits per heavy atom. The molecule has 0 spiro atoms. The summed E-state index contributed by atoms with van der Waals surface area (Å²) in [6, 6.07) is 8.69. The van der Waals surface area contributed by atoms with Gasteiger partial charge in [0.05, 0.1) is 0 Å². The standard InChI is InChI=1S/C18H23FN4/c1-12(2)16-11-17(23-9-7-15(20)8-10-23)22-18(21-16)13-3-5-14(19)6-4-13/h3-6,11-12,15H,7-10,20H2,1-2H3. The van der Waals surface area contributed by atoms with E-state index >= 15 is 0 Å². The van der Waals surface area contributed by atoms with Crippen LogP contribution >= 0.6 is 0 Å². The predicted octanol–water partition coefficient (Wildman–Crippen LogP) is 3.33. The molecule has 4 nitrogen and oxygen atoms in total. The van der Waals surface area contributed by atoms with Gasteiger partial charge in [0.2, 0.25) is 0 Å². The van der Waals surface area contributed by atoms with Crippen molar-refractivity contribution in [3.05, 3.63) is 41.8 Å². The van der Waals surface area contributed by atoms with E-state index in [1.165, 1.54) is 12.1 Å². The first-order chi connectivity index (χ1) is 11.0. The molecule has 1 aromatic carbocycles. The molecule has 1 aliphatic rings. The SMILES string of the molecule is CC(C)c1cc(N2CCC(N)CC2)nc(-c2ccc(F)cc2)n1. The van der Waals surface area contributed by atoms with Gasteiger partial charge in [0.15, 0.2) is 5.82 Å². The van der Waals surface area contributed by atoms with Gasteiger partial charge >= 0.3 is 0 Å². The number of nitrogens with two attached hydrogens (primary N) is 1. The first kappa shape index (κ1) is 15.9. The quantitative estimate of drug-likeness (QED) is 0.944. The highest BCUT2D eigenvalue weighted by Crippen LogP contribution is 2.25. The normalized spacial score (nSPS) is 16.1. The molecule has 0 radical (unpaired) electrons. The Kier molecular flexibility index (Phi) is 4.57. The average Bonchev–Trinajstić information content (AvgIpc) is 2.55. The van der Waals surface area contributed by atoms with E-state index in [-0.39, 0.29) is 11.9 Å². The van der Waals surface area contributed by atoms with E-state index in [1.807, 2.05) is 0 Å². The largest absolute Gasteiger partial charge is 0.356 e. The molecule has 3 rings (SSSR count). The van der Waals surface area contributed by atoms with Crippen molar-refractivity contribution in [2.24, 2.45) is 5.73 Å². The molecule has 1 fully saturated rings. The van der Waals surface area contributed by atoms with Crippen LogP contribution in [0.1, 0.15) is 38.3 Å². The highest BCUT2D eigenvalue weighted by molar-refractivity contribution is 5.58. The van der Waals surface area contributed by atoms with Gasteiger partial charge in [0, 0.05) is 36.5 Å². The summed E-state index contributed by atoms with van der Waals surface area (Å²) in [5.74, 6) is 1.65. The fourth-order valence-corrected chi connectivity index (χ4v) is 2.77. The summed E-state index contributed by atoms with van der Waals surface area (Å²) in [4.78, 5) is 11.6. The number of aromatic nitrogens is 2. The monoisotopic (exact) mass is 314 g/mol. The topological polar surface area (TPSA) is 55.0 Å². The molecule has 1 saturated heterocycles. The van der Waals surface area contributed by atoms with Gasteiger partial charge in [-0.1, -0.05) is 13.8 Å². The molecule has 0 aliphatic carbocycles. The minimum Gasteiger partial charge on any atom is -0.356 e. The molecule has 1 aromatic heterocycles. The van der Waals surface area contributed by atoms with E-state index in [0.29, 0.717) is 11.7 Å². The van der Waals surface area contributed by atoms with Crippen LogP contribution in [0.2, 0.25) is 0 Å². The second kappa shape index (κ2) is 6.62. The van der Waals surface area contributed by atoms with Crippen LogP contribution in [0.25, 0.3) is 11.4 Å². The van der Waals surface area contributed by atoms with Crippen LogP contribution in [0.4, 0.5) is 10.2 Å². The molecular formula is C18H23FN4. The highest BCUT2D eigenvalue weighted by Gasteiger charge is 2.19. The van der Waals surface area contributed by atoms with Gasteiger partial charge in [-0.25, -0.2) is 14.4 Å². The van der Waals surface area contributed by atoms with Crippen LogP contribution in [-0.4, -0.2) is 29.1 Å². The number of anilines is 1. The molecule has 122 valence electrons. The second-order valence-corrected chi connectivity index (χ2v) is 6.46. The maximum absolute atomic E-state index is 13.2. The van der Waals surface area contributed by atoms with Crippen LogP contribution in [0.15, 0.2) is 30.3 Å². The van der Waals surface area contributed by atoms with Crippen LogP contribution in [0.5, 0.6) is 0 Å². The van der Waals surface area contributed by atoms with Crippen molar-refractivity contribution in [3.8, 4) is 11.4 Å². The zero-order valence-electron chi connectivity index (χ0n) is 13.7. The van der Waals surface area contributed by atoms with Gasteiger partial charge < -0.3 is 10.6 Å². The Morgan fingerprint density at radius 1 is 1.13 bits per heavy atom. The van der Waals surface area contributed by atoms with E-state index in [1.54, 1.807) is 12.1 Å². The molecule has 0 amide bonds. The maximum Gasteiger partial charge on any atom is 0.161 e. The minimum absolute atomic E-state index is 0.251. The van der Waals surface area contributed by atoms with Crippen LogP contribution in [0, 0.1) is 5.82 Å². The van der Waals surface area contributed by atoms with Crippen molar-refractivity contribution in [2.45, 2.75) is 38.6 Å². The molecule has 0 atom stereocenters. The molecule has 0 unspecified atom stereocenters. The van der Waals surface area contributed by atoms with Crippen molar-refractivity contribution < 1.29 is 4.39 Å². The van der Waals surface area contributed by atoms with Crippen molar-refractivity contribution in [3.63, 3.8) is 0 Å². The third-order valence-electron chi connectivity index (χ3n) is 4.29. The smallest absolute Gasteiger partial charge is 0.161 e. The first-order valence-electron chi connectivity index (χ1n) is 8.18. The number of halogens is 1. The van der Waals surface area contributed by atoms with Crippen LogP contribution < -0.4 is 10.6 Å². The fourth-order valence-electron chi connectivity index (χ4n) is 2.77. The van der Waals surface area contributed by atoms with Crippen molar-refractivity contribution in [1.29, 1.82) is 0 Å². The lowest BCUT2D eigenvalue weighted by atomic mass is 10.1. The number of hydrogen-bond acceptors (Lipinski definition) is 4. The lowest BCUT2D eigenvalue weighted by Gasteiger charge is -2.31. The lowest BCUT2D eigenvalue weighted by Crippen LogP contribution is -2.40. The summed E-state index contributed by atoms with van der Waals surface area (Å²) in [7, 11) is 0. The summed E-state index contributed by atoms with van der Waals surface area (Å²) in [5, 5.41) is 0. The molecule has 0 saturated carbocycles. The summed E-state index contributed by atoms with van der Waals surface area (Å²) >= 11 is 0.